The maximum absolute atomic E-state index is 13.0. The molecular weight excluding hydrogens is 686 g/mol. The molecule has 0 bridgehead atoms. The molecule has 1 aromatic rings. The van der Waals surface area contributed by atoms with Gasteiger partial charge in [0.1, 0.15) is 23.9 Å². The van der Waals surface area contributed by atoms with Crippen LogP contribution in [0, 0.1) is 16.0 Å². The fourth-order valence-corrected chi connectivity index (χ4v) is 4.53. The second kappa shape index (κ2) is 30.6. The number of hydrogen-bond donors (Lipinski definition) is 2. The van der Waals surface area contributed by atoms with Crippen molar-refractivity contribution < 1.29 is 62.1 Å². The number of carbonyl (C=O) groups excluding carboxylic acids is 5. The zero-order chi connectivity index (χ0) is 38.2. The van der Waals surface area contributed by atoms with E-state index < -0.39 is 22.9 Å². The van der Waals surface area contributed by atoms with E-state index in [-0.39, 0.29) is 81.0 Å². The Kier molecular flexibility index (Phi) is 27.0. The van der Waals surface area contributed by atoms with Gasteiger partial charge in [-0.15, -0.1) is 0 Å². The van der Waals surface area contributed by atoms with Crippen LogP contribution in [0.5, 0.6) is 5.75 Å². The van der Waals surface area contributed by atoms with Gasteiger partial charge in [0.25, 0.3) is 5.69 Å². The van der Waals surface area contributed by atoms with E-state index in [1.165, 1.54) is 24.3 Å². The zero-order valence-electron chi connectivity index (χ0n) is 30.4. The molecule has 294 valence electrons. The number of benzene rings is 1. The summed E-state index contributed by atoms with van der Waals surface area (Å²) in [4.78, 5) is 72.6. The van der Waals surface area contributed by atoms with Crippen LogP contribution in [0.4, 0.5) is 10.5 Å². The van der Waals surface area contributed by atoms with Crippen molar-refractivity contribution in [2.24, 2.45) is 5.92 Å². The van der Waals surface area contributed by atoms with E-state index in [1.807, 2.05) is 0 Å². The third-order valence-corrected chi connectivity index (χ3v) is 7.29. The Morgan fingerprint density at radius 3 is 1.83 bits per heavy atom. The van der Waals surface area contributed by atoms with Crippen LogP contribution in [0.25, 0.3) is 0 Å². The Hall–Kier alpha value is -4.03. The van der Waals surface area contributed by atoms with Crippen LogP contribution < -0.4 is 15.4 Å². The van der Waals surface area contributed by atoms with E-state index in [4.69, 9.17) is 33.2 Å². The largest absolute Gasteiger partial charge is 0.513 e. The molecule has 0 aromatic heterocycles. The van der Waals surface area contributed by atoms with Gasteiger partial charge in [0, 0.05) is 91.4 Å². The van der Waals surface area contributed by atoms with Gasteiger partial charge in [0.05, 0.1) is 43.9 Å². The van der Waals surface area contributed by atoms with Crippen LogP contribution in [0.2, 0.25) is 0 Å². The molecule has 0 spiro atoms. The molecule has 0 aliphatic rings. The summed E-state index contributed by atoms with van der Waals surface area (Å²) in [6, 6.07) is 4.94. The summed E-state index contributed by atoms with van der Waals surface area (Å²) in [7, 11) is 3.18. The van der Waals surface area contributed by atoms with Gasteiger partial charge in [-0.1, -0.05) is 0 Å². The van der Waals surface area contributed by atoms with Crippen LogP contribution >= 0.6 is 0 Å². The van der Waals surface area contributed by atoms with Crippen molar-refractivity contribution in [3.63, 3.8) is 0 Å². The topological polar surface area (TPSA) is 217 Å². The number of rotatable bonds is 33. The van der Waals surface area contributed by atoms with E-state index in [0.29, 0.717) is 78.3 Å². The zero-order valence-corrected chi connectivity index (χ0v) is 30.4. The number of amides is 2. The summed E-state index contributed by atoms with van der Waals surface area (Å²) in [6.45, 7) is 3.71. The number of nitrogens with zero attached hydrogens (tertiary/aromatic N) is 1. The second-order valence-corrected chi connectivity index (χ2v) is 11.6. The van der Waals surface area contributed by atoms with Gasteiger partial charge in [-0.05, 0) is 44.2 Å². The lowest BCUT2D eigenvalue weighted by atomic mass is 9.94. The van der Waals surface area contributed by atoms with Crippen molar-refractivity contribution in [3.05, 3.63) is 34.4 Å². The van der Waals surface area contributed by atoms with Gasteiger partial charge < -0.3 is 43.8 Å². The monoisotopic (exact) mass is 741 g/mol. The molecule has 1 atom stereocenters. The first kappa shape index (κ1) is 46.0. The van der Waals surface area contributed by atoms with Crippen molar-refractivity contribution in [1.29, 1.82) is 0 Å². The van der Waals surface area contributed by atoms with Gasteiger partial charge in [0.15, 0.2) is 0 Å². The highest BCUT2D eigenvalue weighted by Gasteiger charge is 2.24. The Bertz CT molecular complexity index is 1180. The first-order valence-corrected chi connectivity index (χ1v) is 17.5. The fraction of sp³-hybridized carbons (Fsp3) is 0.686. The first-order chi connectivity index (χ1) is 25.2. The number of methoxy groups -OCH3 is 2. The van der Waals surface area contributed by atoms with Crippen LogP contribution in [0.15, 0.2) is 24.3 Å². The predicted molar refractivity (Wildman–Crippen MR) is 187 cm³/mol. The summed E-state index contributed by atoms with van der Waals surface area (Å²) in [6.07, 6.45) is 2.36. The molecule has 0 radical (unpaired) electrons. The molecule has 52 heavy (non-hydrogen) atoms. The van der Waals surface area contributed by atoms with E-state index in [1.54, 1.807) is 14.2 Å². The summed E-state index contributed by atoms with van der Waals surface area (Å²) in [5, 5.41) is 16.2. The minimum Gasteiger partial charge on any atom is -0.432 e. The van der Waals surface area contributed by atoms with E-state index >= 15 is 0 Å². The maximum Gasteiger partial charge on any atom is 0.513 e. The third kappa shape index (κ3) is 25.0. The quantitative estimate of drug-likeness (QED) is 0.0347. The smallest absolute Gasteiger partial charge is 0.432 e. The van der Waals surface area contributed by atoms with E-state index in [9.17, 15) is 34.1 Å². The Morgan fingerprint density at radius 2 is 1.21 bits per heavy atom. The summed E-state index contributed by atoms with van der Waals surface area (Å²) < 4.78 is 35.9. The van der Waals surface area contributed by atoms with Gasteiger partial charge in [-0.2, -0.15) is 0 Å². The Labute approximate surface area is 304 Å². The molecule has 2 amide bonds. The number of nitro benzene ring substituents is 1. The summed E-state index contributed by atoms with van der Waals surface area (Å²) >= 11 is 0. The highest BCUT2D eigenvalue weighted by Crippen LogP contribution is 2.18. The second-order valence-electron chi connectivity index (χ2n) is 11.6. The number of ether oxygens (including phenoxy) is 7. The number of non-ortho nitro benzene ring substituents is 1. The van der Waals surface area contributed by atoms with Crippen LogP contribution in [0.3, 0.4) is 0 Å². The number of nitrogens with one attached hydrogen (secondary N) is 2. The van der Waals surface area contributed by atoms with E-state index in [2.05, 4.69) is 10.6 Å². The molecule has 2 N–H and O–H groups in total. The number of hydrogen-bond acceptors (Lipinski definition) is 14. The average Bonchev–Trinajstić information content (AvgIpc) is 3.11. The number of unbranched alkanes of at least 4 members (excludes halogenated alkanes) is 1. The van der Waals surface area contributed by atoms with Crippen LogP contribution in [-0.2, 0) is 47.6 Å². The number of ketones is 2. The van der Waals surface area contributed by atoms with Crippen LogP contribution in [0.1, 0.15) is 64.2 Å². The minimum absolute atomic E-state index is 0.0594. The third-order valence-electron chi connectivity index (χ3n) is 7.29. The van der Waals surface area contributed by atoms with Crippen LogP contribution in [-0.4, -0.2) is 121 Å². The molecule has 0 saturated carbocycles. The molecule has 1 aromatic carbocycles. The van der Waals surface area contributed by atoms with Gasteiger partial charge in [-0.25, -0.2) is 4.79 Å². The molecule has 1 rings (SSSR count). The lowest BCUT2D eigenvalue weighted by molar-refractivity contribution is -0.384. The lowest BCUT2D eigenvalue weighted by Crippen LogP contribution is -2.37. The normalized spacial score (nSPS) is 11.4. The average molecular weight is 742 g/mol. The Morgan fingerprint density at radius 1 is 0.654 bits per heavy atom. The van der Waals surface area contributed by atoms with E-state index in [0.717, 1.165) is 6.42 Å². The number of Topliss-reactive ketones (excluding diaryl/α,β-unsaturated/α-hetero) is 2. The van der Waals surface area contributed by atoms with Crippen molar-refractivity contribution in [3.8, 4) is 5.75 Å². The van der Waals surface area contributed by atoms with Crippen molar-refractivity contribution in [2.45, 2.75) is 64.2 Å². The molecule has 17 heteroatoms. The van der Waals surface area contributed by atoms with Gasteiger partial charge in [0.2, 0.25) is 11.8 Å². The van der Waals surface area contributed by atoms with Crippen molar-refractivity contribution >= 4 is 35.2 Å². The summed E-state index contributed by atoms with van der Waals surface area (Å²) in [5.41, 5.74) is -0.144. The molecule has 1 unspecified atom stereocenters. The summed E-state index contributed by atoms with van der Waals surface area (Å²) in [5.74, 6) is -1.72. The molecule has 0 aliphatic heterocycles. The molecule has 0 heterocycles. The molecule has 0 saturated heterocycles. The fourth-order valence-electron chi connectivity index (χ4n) is 4.53. The number of carbonyl (C=O) groups is 5. The Balaban J connectivity index is 2.40. The molecule has 0 aliphatic carbocycles. The lowest BCUT2D eigenvalue weighted by Gasteiger charge is -2.16. The standard InChI is InChI=1S/C35H55N3O14/c1-46-20-22-48-17-4-3-8-30(39)9-5-10-31(40)26-28(27-33(41)36-15-6-18-49-23-21-47-2)34(42)37-16-7-19-50-24-25-51-35(43)52-32-13-11-29(12-14-32)38(44)45/h11-14,28H,3-10,15-27H2,1-2H3,(H,36,41)(H,37,42). The SMILES string of the molecule is COCCOCCCCC(=O)CCCC(=O)CC(CC(=O)NCCCOCCOC)C(=O)NCCCOCCOC(=O)Oc1ccc([N+](=O)[O-])cc1. The molecule has 0 fully saturated rings. The van der Waals surface area contributed by atoms with Crippen molar-refractivity contribution in [2.75, 3.05) is 86.8 Å². The molecule has 17 nitrogen and oxygen atoms in total. The number of nitro groups is 1. The molecular formula is C35H55N3O14. The highest BCUT2D eigenvalue weighted by molar-refractivity contribution is 5.90. The highest BCUT2D eigenvalue weighted by atomic mass is 16.7. The first-order valence-electron chi connectivity index (χ1n) is 17.5. The van der Waals surface area contributed by atoms with Crippen molar-refractivity contribution in [1.82, 2.24) is 10.6 Å². The predicted octanol–water partition coefficient (Wildman–Crippen LogP) is 3.34. The maximum atomic E-state index is 13.0. The van der Waals surface area contributed by atoms with Gasteiger partial charge in [-0.3, -0.25) is 29.3 Å². The minimum atomic E-state index is -0.994. The van der Waals surface area contributed by atoms with Gasteiger partial charge >= 0.3 is 6.16 Å².